The van der Waals surface area contributed by atoms with Crippen molar-refractivity contribution in [3.8, 4) is 0 Å². The number of likely N-dealkylation sites (tertiary alicyclic amines) is 1. The molecule has 1 aromatic heterocycles. The summed E-state index contributed by atoms with van der Waals surface area (Å²) in [6.45, 7) is 11.4. The van der Waals surface area contributed by atoms with Gasteiger partial charge in [0.25, 0.3) is 0 Å². The summed E-state index contributed by atoms with van der Waals surface area (Å²) < 4.78 is 5.47. The molecule has 22 heavy (non-hydrogen) atoms. The summed E-state index contributed by atoms with van der Waals surface area (Å²) in [5.74, 6) is 0. The van der Waals surface area contributed by atoms with Crippen LogP contribution in [0.1, 0.15) is 56.5 Å². The number of carbonyl (C=O) groups is 1. The lowest BCUT2D eigenvalue weighted by Crippen LogP contribution is -2.49. The molecule has 0 bridgehead atoms. The molecule has 0 radical (unpaired) electrons. The van der Waals surface area contributed by atoms with E-state index in [9.17, 15) is 4.79 Å². The topological polar surface area (TPSA) is 54.5 Å². The number of aryl methyl sites for hydroxylation is 1. The van der Waals surface area contributed by atoms with Crippen LogP contribution in [0.15, 0.2) is 6.20 Å². The third-order valence-corrected chi connectivity index (χ3v) is 4.66. The average Bonchev–Trinajstić information content (AvgIpc) is 2.84. The van der Waals surface area contributed by atoms with Crippen molar-refractivity contribution in [3.63, 3.8) is 0 Å². The first-order valence-electron chi connectivity index (χ1n) is 7.91. The van der Waals surface area contributed by atoms with Crippen molar-refractivity contribution in [2.45, 2.75) is 65.1 Å². The largest absolute Gasteiger partial charge is 0.444 e. The van der Waals surface area contributed by atoms with E-state index in [2.05, 4.69) is 24.1 Å². The summed E-state index contributed by atoms with van der Waals surface area (Å²) in [4.78, 5) is 19.7. The van der Waals surface area contributed by atoms with Gasteiger partial charge in [-0.25, -0.2) is 9.78 Å². The molecule has 1 amide bonds. The van der Waals surface area contributed by atoms with Gasteiger partial charge in [-0.3, -0.25) is 0 Å². The Hall–Kier alpha value is -1.14. The second-order valence-electron chi connectivity index (χ2n) is 6.96. The molecule has 0 aromatic carbocycles. The lowest BCUT2D eigenvalue weighted by Gasteiger charge is -2.35. The third kappa shape index (κ3) is 4.95. The Morgan fingerprint density at radius 1 is 1.55 bits per heavy atom. The lowest BCUT2D eigenvalue weighted by molar-refractivity contribution is 0.0184. The normalized spacial score (nSPS) is 20.8. The van der Waals surface area contributed by atoms with Gasteiger partial charge in [-0.2, -0.15) is 0 Å². The van der Waals surface area contributed by atoms with Crippen LogP contribution in [0, 0.1) is 6.92 Å². The third-order valence-electron chi connectivity index (χ3n) is 3.57. The smallest absolute Gasteiger partial charge is 0.410 e. The van der Waals surface area contributed by atoms with Gasteiger partial charge in [-0.15, -0.1) is 11.3 Å². The van der Waals surface area contributed by atoms with E-state index >= 15 is 0 Å². The first-order chi connectivity index (χ1) is 10.2. The lowest BCUT2D eigenvalue weighted by atomic mass is 10.1. The van der Waals surface area contributed by atoms with Crippen molar-refractivity contribution in [2.75, 3.05) is 13.1 Å². The molecule has 5 nitrogen and oxygen atoms in total. The Bertz CT molecular complexity index is 510. The highest BCUT2D eigenvalue weighted by atomic mass is 32.1. The van der Waals surface area contributed by atoms with Crippen LogP contribution < -0.4 is 5.32 Å². The molecule has 0 aliphatic carbocycles. The number of hydrogen-bond donors (Lipinski definition) is 1. The summed E-state index contributed by atoms with van der Waals surface area (Å²) in [6.07, 6.45) is 3.78. The number of rotatable bonds is 3. The number of ether oxygens (including phenoxy) is 1. The Kier molecular flexibility index (Phi) is 5.45. The first kappa shape index (κ1) is 17.2. The van der Waals surface area contributed by atoms with Crippen LogP contribution in [-0.2, 0) is 4.74 Å². The number of hydrogen-bond acceptors (Lipinski definition) is 5. The van der Waals surface area contributed by atoms with E-state index in [0.717, 1.165) is 24.4 Å². The minimum Gasteiger partial charge on any atom is -0.444 e. The van der Waals surface area contributed by atoms with Gasteiger partial charge in [0.2, 0.25) is 0 Å². The number of amides is 1. The fourth-order valence-electron chi connectivity index (χ4n) is 2.60. The molecule has 0 saturated carbocycles. The molecule has 1 N–H and O–H groups in total. The Morgan fingerprint density at radius 2 is 2.27 bits per heavy atom. The maximum atomic E-state index is 12.2. The van der Waals surface area contributed by atoms with Crippen molar-refractivity contribution >= 4 is 17.4 Å². The Morgan fingerprint density at radius 3 is 2.86 bits per heavy atom. The summed E-state index contributed by atoms with van der Waals surface area (Å²) in [7, 11) is 0. The molecule has 0 spiro atoms. The second kappa shape index (κ2) is 6.96. The summed E-state index contributed by atoms with van der Waals surface area (Å²) in [6, 6.07) is 0.503. The van der Waals surface area contributed by atoms with Gasteiger partial charge in [0.1, 0.15) is 10.6 Å². The maximum absolute atomic E-state index is 12.2. The minimum absolute atomic E-state index is 0.210. The number of thiazole rings is 1. The van der Waals surface area contributed by atoms with E-state index in [-0.39, 0.29) is 12.1 Å². The van der Waals surface area contributed by atoms with Crippen LogP contribution in [-0.4, -0.2) is 40.7 Å². The highest BCUT2D eigenvalue weighted by Gasteiger charge is 2.28. The van der Waals surface area contributed by atoms with Crippen molar-refractivity contribution in [1.29, 1.82) is 0 Å². The van der Waals surface area contributed by atoms with E-state index in [0.29, 0.717) is 12.6 Å². The number of aromatic nitrogens is 1. The Labute approximate surface area is 137 Å². The quantitative estimate of drug-likeness (QED) is 0.924. The van der Waals surface area contributed by atoms with Gasteiger partial charge in [0, 0.05) is 30.2 Å². The number of nitrogens with one attached hydrogen (secondary N) is 1. The molecule has 1 fully saturated rings. The van der Waals surface area contributed by atoms with E-state index in [1.807, 2.05) is 31.9 Å². The zero-order valence-electron chi connectivity index (χ0n) is 14.2. The average molecular weight is 325 g/mol. The zero-order valence-corrected chi connectivity index (χ0v) is 15.0. The molecule has 1 aliphatic rings. The van der Waals surface area contributed by atoms with Crippen molar-refractivity contribution in [3.05, 3.63) is 16.1 Å². The maximum Gasteiger partial charge on any atom is 0.410 e. The highest BCUT2D eigenvalue weighted by molar-refractivity contribution is 7.11. The fourth-order valence-corrected chi connectivity index (χ4v) is 3.39. The van der Waals surface area contributed by atoms with E-state index < -0.39 is 5.60 Å². The highest BCUT2D eigenvalue weighted by Crippen LogP contribution is 2.22. The van der Waals surface area contributed by atoms with Gasteiger partial charge in [0.05, 0.1) is 6.04 Å². The summed E-state index contributed by atoms with van der Waals surface area (Å²) >= 11 is 1.72. The molecule has 2 atom stereocenters. The number of nitrogens with zero attached hydrogens (tertiary/aromatic N) is 2. The van der Waals surface area contributed by atoms with Crippen molar-refractivity contribution in [1.82, 2.24) is 15.2 Å². The number of piperidine rings is 1. The second-order valence-corrected chi connectivity index (χ2v) is 8.23. The van der Waals surface area contributed by atoms with Gasteiger partial charge >= 0.3 is 6.09 Å². The molecule has 2 unspecified atom stereocenters. The van der Waals surface area contributed by atoms with Crippen LogP contribution in [0.5, 0.6) is 0 Å². The van der Waals surface area contributed by atoms with Crippen LogP contribution >= 0.6 is 11.3 Å². The molecule has 2 heterocycles. The van der Waals surface area contributed by atoms with Crippen molar-refractivity contribution in [2.24, 2.45) is 0 Å². The molecule has 6 heteroatoms. The number of carbonyl (C=O) groups excluding carboxylic acids is 1. The standard InChI is InChI=1S/C16H27N3O2S/c1-11-9-17-14(22-11)12(2)18-13-7-6-8-19(10-13)15(20)21-16(3,4)5/h9,12-13,18H,6-8,10H2,1-5H3. The monoisotopic (exact) mass is 325 g/mol. The first-order valence-corrected chi connectivity index (χ1v) is 8.72. The SMILES string of the molecule is Cc1cnc(C(C)NC2CCCN(C(=O)OC(C)(C)C)C2)s1. The molecule has 2 rings (SSSR count). The molecular formula is C16H27N3O2S. The predicted octanol–water partition coefficient (Wildman–Crippen LogP) is 3.50. The van der Waals surface area contributed by atoms with Crippen LogP contribution in [0.25, 0.3) is 0 Å². The predicted molar refractivity (Wildman–Crippen MR) is 89.2 cm³/mol. The van der Waals surface area contributed by atoms with Crippen molar-refractivity contribution < 1.29 is 9.53 Å². The zero-order chi connectivity index (χ0) is 16.3. The molecule has 1 aliphatic heterocycles. The molecule has 1 aromatic rings. The van der Waals surface area contributed by atoms with Gasteiger partial charge < -0.3 is 15.0 Å². The molecule has 1 saturated heterocycles. The fraction of sp³-hybridized carbons (Fsp3) is 0.750. The van der Waals surface area contributed by atoms with Crippen LogP contribution in [0.4, 0.5) is 4.79 Å². The van der Waals surface area contributed by atoms with E-state index in [1.54, 1.807) is 11.3 Å². The van der Waals surface area contributed by atoms with Gasteiger partial charge in [-0.1, -0.05) is 0 Å². The van der Waals surface area contributed by atoms with Gasteiger partial charge in [0.15, 0.2) is 0 Å². The van der Waals surface area contributed by atoms with E-state index in [1.165, 1.54) is 4.88 Å². The van der Waals surface area contributed by atoms with Crippen LogP contribution in [0.2, 0.25) is 0 Å². The van der Waals surface area contributed by atoms with E-state index in [4.69, 9.17) is 4.74 Å². The summed E-state index contributed by atoms with van der Waals surface area (Å²) in [5.41, 5.74) is -0.441. The van der Waals surface area contributed by atoms with Crippen LogP contribution in [0.3, 0.4) is 0 Å². The molecule has 124 valence electrons. The minimum atomic E-state index is -0.441. The molecular weight excluding hydrogens is 298 g/mol. The van der Waals surface area contributed by atoms with Gasteiger partial charge in [-0.05, 0) is 47.5 Å². The Balaban J connectivity index is 1.89. The summed E-state index contributed by atoms with van der Waals surface area (Å²) in [5, 5.41) is 4.70.